The average molecular weight is 212 g/mol. The summed E-state index contributed by atoms with van der Waals surface area (Å²) in [7, 11) is 0. The van der Waals surface area contributed by atoms with Crippen LogP contribution in [0.4, 0.5) is 0 Å². The highest BCUT2D eigenvalue weighted by Crippen LogP contribution is 2.60. The molecule has 0 aliphatic heterocycles. The lowest BCUT2D eigenvalue weighted by molar-refractivity contribution is 0.464. The third-order valence-corrected chi connectivity index (χ3v) is 3.58. The smallest absolute Gasteiger partial charge is 0.120 e. The van der Waals surface area contributed by atoms with Gasteiger partial charge in [0, 0.05) is 22.5 Å². The molecule has 1 aliphatic rings. The monoisotopic (exact) mass is 211 g/mol. The predicted octanol–water partition coefficient (Wildman–Crippen LogP) is 2.50. The maximum absolute atomic E-state index is 9.71. The van der Waals surface area contributed by atoms with Crippen LogP contribution >= 0.6 is 11.6 Å². The zero-order chi connectivity index (χ0) is 10.5. The minimum absolute atomic E-state index is 0.0441. The summed E-state index contributed by atoms with van der Waals surface area (Å²) in [6.07, 6.45) is 0. The van der Waals surface area contributed by atoms with E-state index >= 15 is 0 Å². The Labute approximate surface area is 88.7 Å². The number of phenols is 1. The largest absolute Gasteiger partial charge is 0.508 e. The molecule has 0 radical (unpaired) electrons. The van der Waals surface area contributed by atoms with Crippen LogP contribution < -0.4 is 5.73 Å². The second kappa shape index (κ2) is 2.88. The van der Waals surface area contributed by atoms with E-state index in [2.05, 4.69) is 13.8 Å². The van der Waals surface area contributed by atoms with Crippen molar-refractivity contribution in [2.45, 2.75) is 25.8 Å². The van der Waals surface area contributed by atoms with Crippen molar-refractivity contribution in [3.05, 3.63) is 28.8 Å². The zero-order valence-electron chi connectivity index (χ0n) is 8.29. The van der Waals surface area contributed by atoms with Gasteiger partial charge in [0.25, 0.3) is 0 Å². The van der Waals surface area contributed by atoms with Crippen LogP contribution in [0.15, 0.2) is 18.2 Å². The Balaban J connectivity index is 2.44. The summed E-state index contributed by atoms with van der Waals surface area (Å²) in [5.74, 6) is 0.430. The predicted molar refractivity (Wildman–Crippen MR) is 57.6 cm³/mol. The molecule has 0 spiro atoms. The van der Waals surface area contributed by atoms with E-state index < -0.39 is 0 Å². The van der Waals surface area contributed by atoms with Crippen LogP contribution in [-0.2, 0) is 0 Å². The van der Waals surface area contributed by atoms with Crippen LogP contribution in [-0.4, -0.2) is 11.1 Å². The van der Waals surface area contributed by atoms with Gasteiger partial charge >= 0.3 is 0 Å². The highest BCUT2D eigenvalue weighted by molar-refractivity contribution is 6.31. The van der Waals surface area contributed by atoms with Gasteiger partial charge in [-0.3, -0.25) is 0 Å². The molecule has 0 amide bonds. The molecule has 2 atom stereocenters. The molecule has 1 aromatic rings. The highest BCUT2D eigenvalue weighted by atomic mass is 35.5. The first-order valence-electron chi connectivity index (χ1n) is 4.69. The average Bonchev–Trinajstić information content (AvgIpc) is 2.54. The number of hydrogen-bond acceptors (Lipinski definition) is 2. The minimum atomic E-state index is 0.0441. The molecule has 1 fully saturated rings. The lowest BCUT2D eigenvalue weighted by Crippen LogP contribution is -2.06. The molecule has 0 saturated heterocycles. The Bertz CT molecular complexity index is 355. The van der Waals surface area contributed by atoms with Crippen molar-refractivity contribution in [2.24, 2.45) is 11.1 Å². The van der Waals surface area contributed by atoms with E-state index in [1.54, 1.807) is 18.2 Å². The molecule has 1 aliphatic carbocycles. The quantitative estimate of drug-likeness (QED) is 0.750. The van der Waals surface area contributed by atoms with Crippen molar-refractivity contribution in [2.75, 3.05) is 0 Å². The molecule has 0 heterocycles. The molecule has 0 unspecified atom stereocenters. The van der Waals surface area contributed by atoms with E-state index in [1.807, 2.05) is 0 Å². The van der Waals surface area contributed by atoms with Crippen LogP contribution in [0.2, 0.25) is 5.02 Å². The van der Waals surface area contributed by atoms with Crippen molar-refractivity contribution in [3.8, 4) is 5.75 Å². The molecule has 1 aromatic carbocycles. The first-order valence-corrected chi connectivity index (χ1v) is 5.07. The third kappa shape index (κ3) is 1.22. The van der Waals surface area contributed by atoms with Gasteiger partial charge in [-0.15, -0.1) is 0 Å². The van der Waals surface area contributed by atoms with Gasteiger partial charge in [0.2, 0.25) is 0 Å². The fraction of sp³-hybridized carbons (Fsp3) is 0.455. The van der Waals surface area contributed by atoms with Gasteiger partial charge in [-0.1, -0.05) is 31.5 Å². The normalized spacial score (nSPS) is 28.9. The van der Waals surface area contributed by atoms with E-state index in [0.29, 0.717) is 5.02 Å². The third-order valence-electron chi connectivity index (χ3n) is 3.25. The first kappa shape index (κ1) is 9.81. The topological polar surface area (TPSA) is 46.2 Å². The molecule has 2 nitrogen and oxygen atoms in total. The van der Waals surface area contributed by atoms with E-state index in [9.17, 15) is 5.11 Å². The lowest BCUT2D eigenvalue weighted by atomic mass is 10.0. The summed E-state index contributed by atoms with van der Waals surface area (Å²) in [6, 6.07) is 5.27. The van der Waals surface area contributed by atoms with Crippen LogP contribution in [0.1, 0.15) is 25.3 Å². The van der Waals surface area contributed by atoms with Gasteiger partial charge < -0.3 is 10.8 Å². The standard InChI is InChI=1S/C11H14ClNO/c1-11(2)9(10(11)13)8-6(12)4-3-5-7(8)14/h3-5,9-10,14H,13H2,1-2H3/t9-,10-/m1/s1. The van der Waals surface area contributed by atoms with E-state index in [0.717, 1.165) is 5.56 Å². The van der Waals surface area contributed by atoms with E-state index in [1.165, 1.54) is 0 Å². The van der Waals surface area contributed by atoms with Crippen LogP contribution in [0.3, 0.4) is 0 Å². The Kier molecular flexibility index (Phi) is 2.02. The summed E-state index contributed by atoms with van der Waals surface area (Å²) in [4.78, 5) is 0. The van der Waals surface area contributed by atoms with Crippen molar-refractivity contribution in [1.82, 2.24) is 0 Å². The Morgan fingerprint density at radius 1 is 1.43 bits per heavy atom. The van der Waals surface area contributed by atoms with Crippen molar-refractivity contribution < 1.29 is 5.11 Å². The fourth-order valence-electron chi connectivity index (χ4n) is 2.06. The first-order chi connectivity index (χ1) is 6.46. The molecule has 0 bridgehead atoms. The molecular weight excluding hydrogens is 198 g/mol. The number of phenolic OH excluding ortho intramolecular Hbond substituents is 1. The molecule has 3 N–H and O–H groups in total. The van der Waals surface area contributed by atoms with Crippen LogP contribution in [0.5, 0.6) is 5.75 Å². The van der Waals surface area contributed by atoms with Crippen LogP contribution in [0, 0.1) is 5.41 Å². The summed E-state index contributed by atoms with van der Waals surface area (Å²) < 4.78 is 0. The number of rotatable bonds is 1. The van der Waals surface area contributed by atoms with Gasteiger partial charge in [0.05, 0.1) is 0 Å². The Morgan fingerprint density at radius 2 is 2.00 bits per heavy atom. The number of nitrogens with two attached hydrogens (primary N) is 1. The number of benzene rings is 1. The van der Waals surface area contributed by atoms with Gasteiger partial charge in [-0.05, 0) is 17.5 Å². The summed E-state index contributed by atoms with van der Waals surface area (Å²) in [5, 5.41) is 10.3. The van der Waals surface area contributed by atoms with Gasteiger partial charge in [0.15, 0.2) is 0 Å². The fourth-order valence-corrected chi connectivity index (χ4v) is 2.35. The summed E-state index contributed by atoms with van der Waals surface area (Å²) in [5.41, 5.74) is 6.79. The molecular formula is C11H14ClNO. The second-order valence-corrected chi connectivity index (χ2v) is 4.90. The molecule has 14 heavy (non-hydrogen) atoms. The summed E-state index contributed by atoms with van der Waals surface area (Å²) >= 11 is 6.04. The molecule has 3 heteroatoms. The molecule has 2 rings (SSSR count). The van der Waals surface area contributed by atoms with Crippen molar-refractivity contribution in [1.29, 1.82) is 0 Å². The highest BCUT2D eigenvalue weighted by Gasteiger charge is 2.57. The van der Waals surface area contributed by atoms with Gasteiger partial charge in [-0.2, -0.15) is 0 Å². The second-order valence-electron chi connectivity index (χ2n) is 4.50. The van der Waals surface area contributed by atoms with E-state index in [-0.39, 0.29) is 23.1 Å². The van der Waals surface area contributed by atoms with Crippen molar-refractivity contribution >= 4 is 11.6 Å². The number of hydrogen-bond donors (Lipinski definition) is 2. The zero-order valence-corrected chi connectivity index (χ0v) is 9.05. The molecule has 1 saturated carbocycles. The Hall–Kier alpha value is -0.730. The van der Waals surface area contributed by atoms with Crippen LogP contribution in [0.25, 0.3) is 0 Å². The molecule has 0 aromatic heterocycles. The van der Waals surface area contributed by atoms with Crippen molar-refractivity contribution in [3.63, 3.8) is 0 Å². The maximum Gasteiger partial charge on any atom is 0.120 e. The maximum atomic E-state index is 9.71. The Morgan fingerprint density at radius 3 is 2.43 bits per heavy atom. The summed E-state index contributed by atoms with van der Waals surface area (Å²) in [6.45, 7) is 4.18. The molecule has 76 valence electrons. The lowest BCUT2D eigenvalue weighted by Gasteiger charge is -2.07. The van der Waals surface area contributed by atoms with Gasteiger partial charge in [-0.25, -0.2) is 0 Å². The van der Waals surface area contributed by atoms with E-state index in [4.69, 9.17) is 17.3 Å². The minimum Gasteiger partial charge on any atom is -0.508 e. The SMILES string of the molecule is CC1(C)[C@H](N)[C@H]1c1c(O)cccc1Cl. The van der Waals surface area contributed by atoms with Gasteiger partial charge in [0.1, 0.15) is 5.75 Å². The number of aromatic hydroxyl groups is 1. The number of halogens is 1.